The molecule has 20 heavy (non-hydrogen) atoms. The standard InChI is InChI=1S/C14H15F3O3/c1-10(9-13(18)19)11-3-5-12(6-4-11)20-8-2-7-14(15,16)17/h3-6,9H,2,7-8H2,1H3,(H,18,19). The van der Waals surface area contributed by atoms with E-state index in [-0.39, 0.29) is 13.0 Å². The number of hydrogen-bond acceptors (Lipinski definition) is 2. The lowest BCUT2D eigenvalue weighted by Gasteiger charge is -2.09. The van der Waals surface area contributed by atoms with Gasteiger partial charge in [0, 0.05) is 12.5 Å². The molecule has 0 aliphatic heterocycles. The Morgan fingerprint density at radius 2 is 1.90 bits per heavy atom. The Morgan fingerprint density at radius 3 is 2.40 bits per heavy atom. The van der Waals surface area contributed by atoms with Gasteiger partial charge in [-0.1, -0.05) is 12.1 Å². The van der Waals surface area contributed by atoms with E-state index in [2.05, 4.69) is 0 Å². The average molecular weight is 288 g/mol. The molecule has 0 fully saturated rings. The molecule has 0 bridgehead atoms. The van der Waals surface area contributed by atoms with E-state index >= 15 is 0 Å². The number of carboxylic acid groups (broad SMARTS) is 1. The van der Waals surface area contributed by atoms with Gasteiger partial charge in [-0.25, -0.2) is 4.79 Å². The van der Waals surface area contributed by atoms with Crippen LogP contribution in [0.3, 0.4) is 0 Å². The quantitative estimate of drug-likeness (QED) is 0.638. The minimum atomic E-state index is -4.16. The molecule has 0 spiro atoms. The second kappa shape index (κ2) is 6.98. The van der Waals surface area contributed by atoms with Gasteiger partial charge in [0.15, 0.2) is 0 Å². The van der Waals surface area contributed by atoms with Crippen molar-refractivity contribution >= 4 is 11.5 Å². The van der Waals surface area contributed by atoms with Crippen LogP contribution >= 0.6 is 0 Å². The summed E-state index contributed by atoms with van der Waals surface area (Å²) in [4.78, 5) is 10.5. The van der Waals surface area contributed by atoms with E-state index < -0.39 is 18.6 Å². The molecule has 0 unspecified atom stereocenters. The molecule has 0 saturated heterocycles. The van der Waals surface area contributed by atoms with Crippen molar-refractivity contribution in [1.29, 1.82) is 0 Å². The topological polar surface area (TPSA) is 46.5 Å². The summed E-state index contributed by atoms with van der Waals surface area (Å²) in [6.45, 7) is 1.65. The summed E-state index contributed by atoms with van der Waals surface area (Å²) < 4.78 is 40.9. The number of ether oxygens (including phenoxy) is 1. The van der Waals surface area contributed by atoms with Crippen LogP contribution in [0.25, 0.3) is 5.57 Å². The van der Waals surface area contributed by atoms with Crippen LogP contribution in [0, 0.1) is 0 Å². The van der Waals surface area contributed by atoms with Gasteiger partial charge in [0.25, 0.3) is 0 Å². The SMILES string of the molecule is CC(=CC(=O)O)c1ccc(OCCCC(F)(F)F)cc1. The molecule has 0 aliphatic rings. The van der Waals surface area contributed by atoms with E-state index in [0.29, 0.717) is 11.3 Å². The molecule has 0 saturated carbocycles. The highest BCUT2D eigenvalue weighted by Gasteiger charge is 2.26. The van der Waals surface area contributed by atoms with Crippen molar-refractivity contribution in [2.45, 2.75) is 25.9 Å². The fourth-order valence-electron chi connectivity index (χ4n) is 1.55. The van der Waals surface area contributed by atoms with Gasteiger partial charge in [-0.3, -0.25) is 0 Å². The fourth-order valence-corrected chi connectivity index (χ4v) is 1.55. The highest BCUT2D eigenvalue weighted by Crippen LogP contribution is 2.22. The lowest BCUT2D eigenvalue weighted by molar-refractivity contribution is -0.136. The number of aliphatic carboxylic acids is 1. The Kier molecular flexibility index (Phi) is 5.61. The minimum absolute atomic E-state index is 0.0111. The number of hydrogen-bond donors (Lipinski definition) is 1. The first-order chi connectivity index (χ1) is 9.28. The predicted molar refractivity (Wildman–Crippen MR) is 68.5 cm³/mol. The van der Waals surface area contributed by atoms with Gasteiger partial charge in [-0.15, -0.1) is 0 Å². The number of carboxylic acids is 1. The van der Waals surface area contributed by atoms with E-state index in [1.807, 2.05) is 0 Å². The van der Waals surface area contributed by atoms with Crippen LogP contribution in [-0.2, 0) is 4.79 Å². The van der Waals surface area contributed by atoms with Gasteiger partial charge in [0.1, 0.15) is 5.75 Å². The Hall–Kier alpha value is -1.98. The Labute approximate surface area is 114 Å². The lowest BCUT2D eigenvalue weighted by Crippen LogP contribution is -2.09. The summed E-state index contributed by atoms with van der Waals surface area (Å²) >= 11 is 0. The molecular formula is C14H15F3O3. The Balaban J connectivity index is 2.49. The molecule has 1 aromatic carbocycles. The fraction of sp³-hybridized carbons (Fsp3) is 0.357. The van der Waals surface area contributed by atoms with Gasteiger partial charge >= 0.3 is 12.1 Å². The molecule has 110 valence electrons. The molecule has 0 aromatic heterocycles. The largest absolute Gasteiger partial charge is 0.494 e. The minimum Gasteiger partial charge on any atom is -0.494 e. The van der Waals surface area contributed by atoms with Crippen molar-refractivity contribution in [2.24, 2.45) is 0 Å². The maximum absolute atomic E-state index is 11.9. The van der Waals surface area contributed by atoms with Crippen LogP contribution in [0.2, 0.25) is 0 Å². The maximum Gasteiger partial charge on any atom is 0.389 e. The van der Waals surface area contributed by atoms with Gasteiger partial charge in [0.05, 0.1) is 6.61 Å². The summed E-state index contributed by atoms with van der Waals surface area (Å²) in [6.07, 6.45) is -4.04. The van der Waals surface area contributed by atoms with Crippen LogP contribution in [0.15, 0.2) is 30.3 Å². The molecular weight excluding hydrogens is 273 g/mol. The van der Waals surface area contributed by atoms with E-state index in [9.17, 15) is 18.0 Å². The molecule has 6 heteroatoms. The zero-order chi connectivity index (χ0) is 15.2. The third-order valence-corrected chi connectivity index (χ3v) is 2.52. The first-order valence-corrected chi connectivity index (χ1v) is 5.99. The van der Waals surface area contributed by atoms with E-state index in [1.54, 1.807) is 31.2 Å². The Morgan fingerprint density at radius 1 is 1.30 bits per heavy atom. The summed E-state index contributed by atoms with van der Waals surface area (Å²) in [5.74, 6) is -0.575. The molecule has 0 amide bonds. The van der Waals surface area contributed by atoms with Crippen molar-refractivity contribution in [3.05, 3.63) is 35.9 Å². The number of benzene rings is 1. The van der Waals surface area contributed by atoms with Crippen LogP contribution in [0.5, 0.6) is 5.75 Å². The number of rotatable bonds is 6. The summed E-state index contributed by atoms with van der Waals surface area (Å²) in [6, 6.07) is 6.52. The van der Waals surface area contributed by atoms with Gasteiger partial charge in [-0.05, 0) is 36.6 Å². The molecule has 1 rings (SSSR count). The normalized spacial score (nSPS) is 12.3. The van der Waals surface area contributed by atoms with E-state index in [0.717, 1.165) is 11.6 Å². The number of allylic oxidation sites excluding steroid dienone is 1. The highest BCUT2D eigenvalue weighted by atomic mass is 19.4. The second-order valence-corrected chi connectivity index (χ2v) is 4.26. The third kappa shape index (κ3) is 6.26. The van der Waals surface area contributed by atoms with Gasteiger partial charge in [0.2, 0.25) is 0 Å². The first-order valence-electron chi connectivity index (χ1n) is 5.99. The average Bonchev–Trinajstić information content (AvgIpc) is 2.33. The van der Waals surface area contributed by atoms with E-state index in [1.165, 1.54) is 0 Å². The maximum atomic E-state index is 11.9. The monoisotopic (exact) mass is 288 g/mol. The predicted octanol–water partition coefficient (Wildman–Crippen LogP) is 3.90. The highest BCUT2D eigenvalue weighted by molar-refractivity contribution is 5.89. The molecule has 0 atom stereocenters. The van der Waals surface area contributed by atoms with Crippen LogP contribution in [0.4, 0.5) is 13.2 Å². The zero-order valence-electron chi connectivity index (χ0n) is 10.9. The number of carbonyl (C=O) groups is 1. The summed E-state index contributed by atoms with van der Waals surface area (Å²) in [5, 5.41) is 8.62. The lowest BCUT2D eigenvalue weighted by atomic mass is 10.1. The number of alkyl halides is 3. The molecule has 1 N–H and O–H groups in total. The van der Waals surface area contributed by atoms with Crippen molar-refractivity contribution in [3.63, 3.8) is 0 Å². The van der Waals surface area contributed by atoms with Crippen LogP contribution in [-0.4, -0.2) is 23.9 Å². The van der Waals surface area contributed by atoms with Gasteiger partial charge < -0.3 is 9.84 Å². The molecule has 0 heterocycles. The van der Waals surface area contributed by atoms with Crippen molar-refractivity contribution in [3.8, 4) is 5.75 Å². The second-order valence-electron chi connectivity index (χ2n) is 4.26. The third-order valence-electron chi connectivity index (χ3n) is 2.52. The number of halogens is 3. The van der Waals surface area contributed by atoms with E-state index in [4.69, 9.17) is 9.84 Å². The molecule has 1 aromatic rings. The van der Waals surface area contributed by atoms with Gasteiger partial charge in [-0.2, -0.15) is 13.2 Å². The summed E-state index contributed by atoms with van der Waals surface area (Å²) in [7, 11) is 0. The van der Waals surface area contributed by atoms with Crippen molar-refractivity contribution < 1.29 is 27.8 Å². The van der Waals surface area contributed by atoms with Crippen LogP contribution < -0.4 is 4.74 Å². The van der Waals surface area contributed by atoms with Crippen LogP contribution in [0.1, 0.15) is 25.3 Å². The summed E-state index contributed by atoms with van der Waals surface area (Å²) in [5.41, 5.74) is 1.30. The smallest absolute Gasteiger partial charge is 0.389 e. The zero-order valence-corrected chi connectivity index (χ0v) is 10.9. The Bertz CT molecular complexity index is 475. The molecule has 0 aliphatic carbocycles. The first kappa shape index (κ1) is 16.1. The molecule has 3 nitrogen and oxygen atoms in total. The van der Waals surface area contributed by atoms with Crippen molar-refractivity contribution in [1.82, 2.24) is 0 Å². The molecule has 0 radical (unpaired) electrons. The van der Waals surface area contributed by atoms with Crippen molar-refractivity contribution in [2.75, 3.05) is 6.61 Å².